The molecule has 0 bridgehead atoms. The van der Waals surface area contributed by atoms with E-state index in [-0.39, 0.29) is 24.5 Å². The zero-order valence-corrected chi connectivity index (χ0v) is 10.3. The Morgan fingerprint density at radius 3 is 2.67 bits per heavy atom. The van der Waals surface area contributed by atoms with Crippen molar-refractivity contribution in [2.45, 2.75) is 32.6 Å². The molecular weight excluding hydrogens is 244 g/mol. The average Bonchev–Trinajstić information content (AvgIpc) is 2.30. The van der Waals surface area contributed by atoms with E-state index in [1.807, 2.05) is 0 Å². The van der Waals surface area contributed by atoms with Gasteiger partial charge in [-0.1, -0.05) is 13.0 Å². The fraction of sp³-hybridized carbons (Fsp3) is 0.500. The molecule has 0 unspecified atom stereocenters. The maximum Gasteiger partial charge on any atom is 0.311 e. The van der Waals surface area contributed by atoms with Crippen molar-refractivity contribution in [3.05, 3.63) is 33.9 Å². The highest BCUT2D eigenvalue weighted by atomic mass is 19.3. The zero-order valence-electron chi connectivity index (χ0n) is 10.3. The summed E-state index contributed by atoms with van der Waals surface area (Å²) in [7, 11) is 0. The van der Waals surface area contributed by atoms with E-state index in [2.05, 4.69) is 0 Å². The maximum absolute atomic E-state index is 13.0. The van der Waals surface area contributed by atoms with Gasteiger partial charge in [-0.2, -0.15) is 0 Å². The Balaban J connectivity index is 2.70. The molecule has 0 aliphatic carbocycles. The molecule has 0 aliphatic heterocycles. The van der Waals surface area contributed by atoms with Gasteiger partial charge in [0, 0.05) is 18.9 Å². The Labute approximate surface area is 104 Å². The molecule has 0 N–H and O–H groups in total. The van der Waals surface area contributed by atoms with Gasteiger partial charge in [-0.05, 0) is 18.6 Å². The van der Waals surface area contributed by atoms with Gasteiger partial charge in [-0.3, -0.25) is 10.1 Å². The Morgan fingerprint density at radius 1 is 1.44 bits per heavy atom. The minimum Gasteiger partial charge on any atom is -0.487 e. The number of ether oxygens (including phenoxy) is 1. The first-order valence-corrected chi connectivity index (χ1v) is 5.61. The second-order valence-corrected chi connectivity index (χ2v) is 4.04. The monoisotopic (exact) mass is 259 g/mol. The number of nitrogens with zero attached hydrogens (tertiary/aromatic N) is 1. The number of alkyl halides is 2. The van der Waals surface area contributed by atoms with Crippen molar-refractivity contribution < 1.29 is 18.4 Å². The van der Waals surface area contributed by atoms with Crippen LogP contribution < -0.4 is 4.74 Å². The van der Waals surface area contributed by atoms with E-state index in [1.165, 1.54) is 19.1 Å². The summed E-state index contributed by atoms with van der Waals surface area (Å²) in [6.07, 6.45) is -0.721. The summed E-state index contributed by atoms with van der Waals surface area (Å²) < 4.78 is 31.0. The summed E-state index contributed by atoms with van der Waals surface area (Å²) in [5.74, 6) is -2.77. The summed E-state index contributed by atoms with van der Waals surface area (Å²) in [6, 6.07) is 4.42. The first-order valence-electron chi connectivity index (χ1n) is 5.61. The first kappa shape index (κ1) is 14.3. The summed E-state index contributed by atoms with van der Waals surface area (Å²) in [5.41, 5.74) is 0.516. The molecule has 1 aromatic rings. The second-order valence-electron chi connectivity index (χ2n) is 4.04. The molecule has 0 aromatic heterocycles. The Kier molecular flexibility index (Phi) is 4.58. The summed E-state index contributed by atoms with van der Waals surface area (Å²) in [5, 5.41) is 10.8. The van der Waals surface area contributed by atoms with Crippen LogP contribution in [0.25, 0.3) is 0 Å². The topological polar surface area (TPSA) is 52.4 Å². The van der Waals surface area contributed by atoms with Gasteiger partial charge in [-0.25, -0.2) is 8.78 Å². The van der Waals surface area contributed by atoms with Gasteiger partial charge in [0.2, 0.25) is 0 Å². The Morgan fingerprint density at radius 2 is 2.11 bits per heavy atom. The van der Waals surface area contributed by atoms with Crippen LogP contribution in [-0.2, 0) is 0 Å². The summed E-state index contributed by atoms with van der Waals surface area (Å²) in [4.78, 5) is 10.2. The average molecular weight is 259 g/mol. The van der Waals surface area contributed by atoms with E-state index < -0.39 is 17.3 Å². The Hall–Kier alpha value is -1.72. The van der Waals surface area contributed by atoms with Crippen molar-refractivity contribution in [2.75, 3.05) is 6.61 Å². The van der Waals surface area contributed by atoms with Crippen LogP contribution in [0.3, 0.4) is 0 Å². The molecule has 6 heteroatoms. The molecule has 0 fully saturated rings. The Bertz CT molecular complexity index is 435. The van der Waals surface area contributed by atoms with Gasteiger partial charge in [-0.15, -0.1) is 0 Å². The van der Waals surface area contributed by atoms with Crippen LogP contribution in [0.2, 0.25) is 0 Å². The van der Waals surface area contributed by atoms with Gasteiger partial charge >= 0.3 is 5.69 Å². The smallest absolute Gasteiger partial charge is 0.311 e. The van der Waals surface area contributed by atoms with Crippen LogP contribution in [0.5, 0.6) is 5.75 Å². The van der Waals surface area contributed by atoms with E-state index in [1.54, 1.807) is 13.0 Å². The number of aryl methyl sites for hydroxylation is 1. The van der Waals surface area contributed by atoms with Crippen molar-refractivity contribution in [1.82, 2.24) is 0 Å². The molecule has 0 atom stereocenters. The number of hydrogen-bond donors (Lipinski definition) is 0. The third kappa shape index (κ3) is 3.94. The molecule has 0 heterocycles. The lowest BCUT2D eigenvalue weighted by atomic mass is 10.2. The SMILES string of the molecule is CCC(F)(F)CCOc1ccc(C)cc1[N+](=O)[O-]. The highest BCUT2D eigenvalue weighted by molar-refractivity contribution is 5.48. The normalized spacial score (nSPS) is 11.3. The molecular formula is C12H15F2NO3. The van der Waals surface area contributed by atoms with Gasteiger partial charge < -0.3 is 4.74 Å². The molecule has 18 heavy (non-hydrogen) atoms. The molecule has 0 saturated heterocycles. The van der Waals surface area contributed by atoms with Crippen LogP contribution in [0.1, 0.15) is 25.3 Å². The predicted octanol–water partition coefficient (Wildman–Crippen LogP) is 3.72. The van der Waals surface area contributed by atoms with E-state index in [0.717, 1.165) is 0 Å². The molecule has 0 amide bonds. The first-order chi connectivity index (χ1) is 8.35. The standard InChI is InChI=1S/C12H15F2NO3/c1-3-12(13,14)6-7-18-11-5-4-9(2)8-10(11)15(16)17/h4-5,8H,3,6-7H2,1-2H3. The highest BCUT2D eigenvalue weighted by Gasteiger charge is 2.26. The third-order valence-electron chi connectivity index (χ3n) is 2.55. The number of hydrogen-bond acceptors (Lipinski definition) is 3. The largest absolute Gasteiger partial charge is 0.487 e. The van der Waals surface area contributed by atoms with Crippen molar-refractivity contribution in [3.8, 4) is 5.75 Å². The second kappa shape index (κ2) is 5.75. The van der Waals surface area contributed by atoms with Gasteiger partial charge in [0.25, 0.3) is 5.92 Å². The number of benzene rings is 1. The van der Waals surface area contributed by atoms with Crippen LogP contribution in [0.4, 0.5) is 14.5 Å². The molecule has 4 nitrogen and oxygen atoms in total. The number of rotatable bonds is 6. The highest BCUT2D eigenvalue weighted by Crippen LogP contribution is 2.29. The quantitative estimate of drug-likeness (QED) is 0.578. The summed E-state index contributed by atoms with van der Waals surface area (Å²) >= 11 is 0. The van der Waals surface area contributed by atoms with Crippen molar-refractivity contribution in [3.63, 3.8) is 0 Å². The van der Waals surface area contributed by atoms with Gasteiger partial charge in [0.1, 0.15) is 0 Å². The molecule has 0 radical (unpaired) electrons. The number of nitro groups is 1. The molecule has 0 aliphatic rings. The minimum absolute atomic E-state index is 0.0255. The minimum atomic E-state index is -2.79. The van der Waals surface area contributed by atoms with Crippen LogP contribution in [0, 0.1) is 17.0 Å². The van der Waals surface area contributed by atoms with Gasteiger partial charge in [0.15, 0.2) is 5.75 Å². The molecule has 0 spiro atoms. The fourth-order valence-electron chi connectivity index (χ4n) is 1.38. The maximum atomic E-state index is 13.0. The van der Waals surface area contributed by atoms with Crippen molar-refractivity contribution in [2.24, 2.45) is 0 Å². The predicted molar refractivity (Wildman–Crippen MR) is 63.2 cm³/mol. The fourth-order valence-corrected chi connectivity index (χ4v) is 1.38. The van der Waals surface area contributed by atoms with Gasteiger partial charge in [0.05, 0.1) is 11.5 Å². The number of halogens is 2. The molecule has 1 rings (SSSR count). The lowest BCUT2D eigenvalue weighted by Crippen LogP contribution is -2.18. The third-order valence-corrected chi connectivity index (χ3v) is 2.55. The number of nitro benzene ring substituents is 1. The van der Waals surface area contributed by atoms with Crippen LogP contribution >= 0.6 is 0 Å². The van der Waals surface area contributed by atoms with E-state index >= 15 is 0 Å². The molecule has 1 aromatic carbocycles. The van der Waals surface area contributed by atoms with E-state index in [0.29, 0.717) is 5.56 Å². The lowest BCUT2D eigenvalue weighted by molar-refractivity contribution is -0.385. The zero-order chi connectivity index (χ0) is 13.8. The lowest BCUT2D eigenvalue weighted by Gasteiger charge is -2.14. The van der Waals surface area contributed by atoms with Crippen molar-refractivity contribution in [1.29, 1.82) is 0 Å². The molecule has 100 valence electrons. The van der Waals surface area contributed by atoms with E-state index in [9.17, 15) is 18.9 Å². The summed E-state index contributed by atoms with van der Waals surface area (Å²) in [6.45, 7) is 2.85. The van der Waals surface area contributed by atoms with Crippen LogP contribution in [0.15, 0.2) is 18.2 Å². The van der Waals surface area contributed by atoms with Crippen LogP contribution in [-0.4, -0.2) is 17.5 Å². The van der Waals surface area contributed by atoms with Crippen molar-refractivity contribution >= 4 is 5.69 Å². The molecule has 0 saturated carbocycles. The van der Waals surface area contributed by atoms with E-state index in [4.69, 9.17) is 4.74 Å².